The number of aryl methyl sites for hydroxylation is 1. The molecule has 0 aliphatic rings. The Kier molecular flexibility index (Phi) is 4.27. The Balaban J connectivity index is 1.69. The zero-order chi connectivity index (χ0) is 16.2. The molecule has 3 aromatic rings. The van der Waals surface area contributed by atoms with E-state index < -0.39 is 0 Å². The number of hydrogen-bond acceptors (Lipinski definition) is 6. The zero-order valence-corrected chi connectivity index (χ0v) is 13.4. The largest absolute Gasteiger partial charge is 0.493 e. The minimum atomic E-state index is 0.733. The van der Waals surface area contributed by atoms with Crippen molar-refractivity contribution in [2.75, 3.05) is 26.1 Å². The summed E-state index contributed by atoms with van der Waals surface area (Å²) in [5, 5.41) is 8.47. The fraction of sp³-hybridized carbons (Fsp3) is 0.312. The average Bonchev–Trinajstić information content (AvgIpc) is 2.97. The Labute approximate surface area is 134 Å². The van der Waals surface area contributed by atoms with Crippen molar-refractivity contribution in [2.45, 2.75) is 6.42 Å². The van der Waals surface area contributed by atoms with Crippen molar-refractivity contribution >= 4 is 16.9 Å². The van der Waals surface area contributed by atoms with Crippen molar-refractivity contribution in [1.29, 1.82) is 0 Å². The first-order chi connectivity index (χ1) is 11.2. The maximum atomic E-state index is 5.32. The monoisotopic (exact) mass is 313 g/mol. The number of nitrogens with zero attached hydrogens (tertiary/aromatic N) is 4. The molecule has 0 saturated carbocycles. The van der Waals surface area contributed by atoms with Gasteiger partial charge in [0.1, 0.15) is 12.1 Å². The maximum Gasteiger partial charge on any atom is 0.163 e. The lowest BCUT2D eigenvalue weighted by molar-refractivity contribution is 0.354. The number of benzene rings is 1. The number of methoxy groups -OCH3 is 2. The second kappa shape index (κ2) is 6.51. The molecule has 120 valence electrons. The molecule has 0 fully saturated rings. The molecule has 1 N–H and O–H groups in total. The lowest BCUT2D eigenvalue weighted by Gasteiger charge is -2.10. The minimum absolute atomic E-state index is 0.733. The van der Waals surface area contributed by atoms with Crippen LogP contribution in [0.25, 0.3) is 11.0 Å². The van der Waals surface area contributed by atoms with Crippen LogP contribution in [-0.4, -0.2) is 40.5 Å². The molecule has 0 spiro atoms. The Morgan fingerprint density at radius 2 is 1.96 bits per heavy atom. The molecule has 2 heterocycles. The van der Waals surface area contributed by atoms with Crippen LogP contribution in [0.1, 0.15) is 5.56 Å². The van der Waals surface area contributed by atoms with Gasteiger partial charge in [0, 0.05) is 13.6 Å². The predicted octanol–water partition coefficient (Wildman–Crippen LogP) is 2.04. The standard InChI is InChI=1S/C16H19N5O2/c1-21-16-12(9-20-21)15(18-10-19-16)17-7-6-11-4-5-13(22-2)14(8-11)23-3/h4-5,8-10H,6-7H2,1-3H3,(H,17,18,19). The third kappa shape index (κ3) is 3.03. The number of nitrogens with one attached hydrogen (secondary N) is 1. The number of hydrogen-bond donors (Lipinski definition) is 1. The molecule has 1 aromatic carbocycles. The first-order valence-corrected chi connectivity index (χ1v) is 7.30. The number of aromatic nitrogens is 4. The van der Waals surface area contributed by atoms with E-state index in [1.807, 2.05) is 25.2 Å². The topological polar surface area (TPSA) is 74.1 Å². The summed E-state index contributed by atoms with van der Waals surface area (Å²) in [6.45, 7) is 0.747. The van der Waals surface area contributed by atoms with Crippen LogP contribution in [0.3, 0.4) is 0 Å². The minimum Gasteiger partial charge on any atom is -0.493 e. The normalized spacial score (nSPS) is 10.7. The first kappa shape index (κ1) is 15.1. The lowest BCUT2D eigenvalue weighted by atomic mass is 10.1. The smallest absolute Gasteiger partial charge is 0.163 e. The maximum absolute atomic E-state index is 5.32. The van der Waals surface area contributed by atoms with E-state index in [1.54, 1.807) is 31.4 Å². The van der Waals surface area contributed by atoms with Gasteiger partial charge in [-0.15, -0.1) is 0 Å². The molecule has 0 saturated heterocycles. The summed E-state index contributed by atoms with van der Waals surface area (Å²) in [7, 11) is 5.13. The molecule has 0 unspecified atom stereocenters. The van der Waals surface area contributed by atoms with Crippen LogP contribution in [0.4, 0.5) is 5.82 Å². The Morgan fingerprint density at radius 1 is 1.13 bits per heavy atom. The second-order valence-corrected chi connectivity index (χ2v) is 5.09. The van der Waals surface area contributed by atoms with Crippen LogP contribution in [0.2, 0.25) is 0 Å². The third-order valence-electron chi connectivity index (χ3n) is 3.68. The van der Waals surface area contributed by atoms with Crippen LogP contribution >= 0.6 is 0 Å². The molecule has 0 radical (unpaired) electrons. The molecule has 0 aliphatic heterocycles. The second-order valence-electron chi connectivity index (χ2n) is 5.09. The van der Waals surface area contributed by atoms with E-state index in [2.05, 4.69) is 20.4 Å². The Morgan fingerprint density at radius 3 is 2.74 bits per heavy atom. The molecule has 7 nitrogen and oxygen atoms in total. The highest BCUT2D eigenvalue weighted by atomic mass is 16.5. The number of fused-ring (bicyclic) bond motifs is 1. The molecule has 0 amide bonds. The SMILES string of the molecule is COc1ccc(CCNc2ncnc3c2cnn3C)cc1OC. The highest BCUT2D eigenvalue weighted by Crippen LogP contribution is 2.27. The van der Waals surface area contributed by atoms with Crippen LogP contribution in [0.15, 0.2) is 30.7 Å². The molecule has 0 bridgehead atoms. The van der Waals surface area contributed by atoms with Gasteiger partial charge in [-0.1, -0.05) is 6.07 Å². The van der Waals surface area contributed by atoms with Crippen molar-refractivity contribution in [3.8, 4) is 11.5 Å². The Bertz CT molecular complexity index is 815. The molecule has 2 aromatic heterocycles. The first-order valence-electron chi connectivity index (χ1n) is 7.30. The number of rotatable bonds is 6. The van der Waals surface area contributed by atoms with E-state index in [-0.39, 0.29) is 0 Å². The predicted molar refractivity (Wildman–Crippen MR) is 88.0 cm³/mol. The van der Waals surface area contributed by atoms with Gasteiger partial charge < -0.3 is 14.8 Å². The molecule has 23 heavy (non-hydrogen) atoms. The number of ether oxygens (including phenoxy) is 2. The molecular weight excluding hydrogens is 294 g/mol. The van der Waals surface area contributed by atoms with Crippen molar-refractivity contribution < 1.29 is 9.47 Å². The van der Waals surface area contributed by atoms with Gasteiger partial charge in [0.25, 0.3) is 0 Å². The zero-order valence-electron chi connectivity index (χ0n) is 13.4. The summed E-state index contributed by atoms with van der Waals surface area (Å²) < 4.78 is 12.3. The van der Waals surface area contributed by atoms with Gasteiger partial charge in [-0.05, 0) is 24.1 Å². The van der Waals surface area contributed by atoms with Crippen molar-refractivity contribution in [1.82, 2.24) is 19.7 Å². The summed E-state index contributed by atoms with van der Waals surface area (Å²) in [6, 6.07) is 5.93. The molecule has 3 rings (SSSR count). The van der Waals surface area contributed by atoms with E-state index in [1.165, 1.54) is 0 Å². The highest BCUT2D eigenvalue weighted by molar-refractivity contribution is 5.85. The summed E-state index contributed by atoms with van der Waals surface area (Å²) in [4.78, 5) is 8.52. The van der Waals surface area contributed by atoms with E-state index in [9.17, 15) is 0 Å². The molecule has 7 heteroatoms. The summed E-state index contributed by atoms with van der Waals surface area (Å²) in [5.41, 5.74) is 1.97. The van der Waals surface area contributed by atoms with E-state index in [4.69, 9.17) is 9.47 Å². The Hall–Kier alpha value is -2.83. The number of anilines is 1. The van der Waals surface area contributed by atoms with Crippen molar-refractivity contribution in [3.63, 3.8) is 0 Å². The van der Waals surface area contributed by atoms with E-state index in [0.29, 0.717) is 0 Å². The van der Waals surface area contributed by atoms with Crippen LogP contribution in [-0.2, 0) is 13.5 Å². The van der Waals surface area contributed by atoms with Gasteiger partial charge in [-0.2, -0.15) is 5.10 Å². The lowest BCUT2D eigenvalue weighted by Crippen LogP contribution is -2.07. The van der Waals surface area contributed by atoms with Gasteiger partial charge in [-0.3, -0.25) is 4.68 Å². The van der Waals surface area contributed by atoms with E-state index in [0.717, 1.165) is 46.9 Å². The summed E-state index contributed by atoms with van der Waals surface area (Å²) in [5.74, 6) is 2.27. The van der Waals surface area contributed by atoms with Crippen molar-refractivity contribution in [2.24, 2.45) is 7.05 Å². The van der Waals surface area contributed by atoms with E-state index >= 15 is 0 Å². The van der Waals surface area contributed by atoms with Crippen LogP contribution in [0, 0.1) is 0 Å². The van der Waals surface area contributed by atoms with Gasteiger partial charge in [0.15, 0.2) is 17.1 Å². The van der Waals surface area contributed by atoms with Gasteiger partial charge >= 0.3 is 0 Å². The van der Waals surface area contributed by atoms with Gasteiger partial charge in [0.2, 0.25) is 0 Å². The fourth-order valence-electron chi connectivity index (χ4n) is 2.46. The van der Waals surface area contributed by atoms with Crippen molar-refractivity contribution in [3.05, 3.63) is 36.3 Å². The fourth-order valence-corrected chi connectivity index (χ4v) is 2.46. The highest BCUT2D eigenvalue weighted by Gasteiger charge is 2.08. The molecule has 0 atom stereocenters. The summed E-state index contributed by atoms with van der Waals surface area (Å²) >= 11 is 0. The molecule has 0 aliphatic carbocycles. The molecular formula is C16H19N5O2. The quantitative estimate of drug-likeness (QED) is 0.750. The third-order valence-corrected chi connectivity index (χ3v) is 3.68. The average molecular weight is 313 g/mol. The van der Waals surface area contributed by atoms with Gasteiger partial charge in [0.05, 0.1) is 25.8 Å². The van der Waals surface area contributed by atoms with Gasteiger partial charge in [-0.25, -0.2) is 9.97 Å². The van der Waals surface area contributed by atoms with Crippen LogP contribution < -0.4 is 14.8 Å². The van der Waals surface area contributed by atoms with Crippen LogP contribution in [0.5, 0.6) is 11.5 Å². The summed E-state index contributed by atoms with van der Waals surface area (Å²) in [6.07, 6.45) is 4.16.